The number of carbonyl (C=O) groups excluding carboxylic acids is 1. The molecule has 0 amide bonds. The van der Waals surface area contributed by atoms with E-state index in [1.165, 1.54) is 7.11 Å². The lowest BCUT2D eigenvalue weighted by Gasteiger charge is -2.33. The lowest BCUT2D eigenvalue weighted by Crippen LogP contribution is -2.38. The minimum Gasteiger partial charge on any atom is -0.465 e. The van der Waals surface area contributed by atoms with E-state index in [2.05, 4.69) is 9.88 Å². The van der Waals surface area contributed by atoms with Crippen LogP contribution in [0.15, 0.2) is 18.3 Å². The van der Waals surface area contributed by atoms with Gasteiger partial charge >= 0.3 is 5.97 Å². The zero-order chi connectivity index (χ0) is 14.4. The van der Waals surface area contributed by atoms with E-state index in [1.54, 1.807) is 18.3 Å². The number of aliphatic hydroxyl groups excluding tert-OH is 1. The van der Waals surface area contributed by atoms with Gasteiger partial charge in [-0.25, -0.2) is 9.78 Å². The summed E-state index contributed by atoms with van der Waals surface area (Å²) in [5, 5.41) is 8.75. The first-order chi connectivity index (χ1) is 9.76. The van der Waals surface area contributed by atoms with Gasteiger partial charge in [-0.05, 0) is 25.0 Å². The summed E-state index contributed by atoms with van der Waals surface area (Å²) in [6.07, 6.45) is 3.56. The maximum absolute atomic E-state index is 11.7. The van der Waals surface area contributed by atoms with Gasteiger partial charge in [0, 0.05) is 19.3 Å². The van der Waals surface area contributed by atoms with Gasteiger partial charge in [0.1, 0.15) is 11.4 Å². The minimum atomic E-state index is -0.369. The van der Waals surface area contributed by atoms with E-state index < -0.39 is 0 Å². The Morgan fingerprint density at radius 3 is 2.90 bits per heavy atom. The van der Waals surface area contributed by atoms with Crippen LogP contribution < -0.4 is 4.90 Å². The average molecular weight is 280 g/mol. The molecule has 0 spiro atoms. The highest BCUT2D eigenvalue weighted by molar-refractivity contribution is 5.94. The molecule has 0 radical (unpaired) electrons. The van der Waals surface area contributed by atoms with Gasteiger partial charge in [-0.3, -0.25) is 0 Å². The second-order valence-corrected chi connectivity index (χ2v) is 4.65. The fraction of sp³-hybridized carbons (Fsp3) is 0.571. The SMILES string of the molecule is COC(=O)c1cccnc1N1CCC(OCCO)CC1. The molecule has 2 heterocycles. The number of aromatic nitrogens is 1. The molecule has 1 aliphatic rings. The third-order valence-corrected chi connectivity index (χ3v) is 3.38. The Hall–Kier alpha value is -1.66. The molecule has 110 valence electrons. The summed E-state index contributed by atoms with van der Waals surface area (Å²) in [4.78, 5) is 18.1. The first-order valence-corrected chi connectivity index (χ1v) is 6.77. The maximum atomic E-state index is 11.7. The van der Waals surface area contributed by atoms with Gasteiger partial charge in [0.05, 0.1) is 26.4 Å². The zero-order valence-corrected chi connectivity index (χ0v) is 11.6. The van der Waals surface area contributed by atoms with Gasteiger partial charge in [-0.1, -0.05) is 0 Å². The molecule has 1 aromatic rings. The molecule has 20 heavy (non-hydrogen) atoms. The van der Waals surface area contributed by atoms with Gasteiger partial charge in [0.2, 0.25) is 0 Å². The van der Waals surface area contributed by atoms with Crippen LogP contribution in [0.25, 0.3) is 0 Å². The summed E-state index contributed by atoms with van der Waals surface area (Å²) < 4.78 is 10.3. The van der Waals surface area contributed by atoms with Crippen LogP contribution in [-0.4, -0.2) is 55.6 Å². The molecular formula is C14H20N2O4. The highest BCUT2D eigenvalue weighted by Crippen LogP contribution is 2.23. The van der Waals surface area contributed by atoms with Gasteiger partial charge in [0.25, 0.3) is 0 Å². The maximum Gasteiger partial charge on any atom is 0.341 e. The van der Waals surface area contributed by atoms with E-state index in [9.17, 15) is 4.79 Å². The largest absolute Gasteiger partial charge is 0.465 e. The Morgan fingerprint density at radius 2 is 2.25 bits per heavy atom. The summed E-state index contributed by atoms with van der Waals surface area (Å²) in [5.41, 5.74) is 0.490. The van der Waals surface area contributed by atoms with Gasteiger partial charge in [0.15, 0.2) is 0 Å². The van der Waals surface area contributed by atoms with Gasteiger partial charge in [-0.2, -0.15) is 0 Å². The van der Waals surface area contributed by atoms with Gasteiger partial charge < -0.3 is 19.5 Å². The number of pyridine rings is 1. The molecule has 0 aromatic carbocycles. The highest BCUT2D eigenvalue weighted by Gasteiger charge is 2.24. The molecule has 1 N–H and O–H groups in total. The molecule has 0 atom stereocenters. The number of piperidine rings is 1. The Labute approximate surface area is 118 Å². The first kappa shape index (κ1) is 14.7. The van der Waals surface area contributed by atoms with Crippen LogP contribution >= 0.6 is 0 Å². The Balaban J connectivity index is 2.02. The second-order valence-electron chi connectivity index (χ2n) is 4.65. The molecule has 2 rings (SSSR count). The quantitative estimate of drug-likeness (QED) is 0.806. The second kappa shape index (κ2) is 7.21. The van der Waals surface area contributed by atoms with Crippen LogP contribution in [0.4, 0.5) is 5.82 Å². The summed E-state index contributed by atoms with van der Waals surface area (Å²) >= 11 is 0. The van der Waals surface area contributed by atoms with E-state index in [0.29, 0.717) is 18.0 Å². The van der Waals surface area contributed by atoms with Crippen molar-refractivity contribution >= 4 is 11.8 Å². The van der Waals surface area contributed by atoms with Crippen LogP contribution in [0, 0.1) is 0 Å². The van der Waals surface area contributed by atoms with Crippen molar-refractivity contribution in [3.8, 4) is 0 Å². The normalized spacial score (nSPS) is 16.2. The lowest BCUT2D eigenvalue weighted by atomic mass is 10.1. The number of hydrogen-bond donors (Lipinski definition) is 1. The minimum absolute atomic E-state index is 0.0486. The van der Waals surface area contributed by atoms with Crippen LogP contribution in [0.3, 0.4) is 0 Å². The highest BCUT2D eigenvalue weighted by atomic mass is 16.5. The van der Waals surface area contributed by atoms with E-state index in [-0.39, 0.29) is 18.7 Å². The molecule has 0 unspecified atom stereocenters. The number of rotatable bonds is 5. The monoisotopic (exact) mass is 280 g/mol. The van der Waals surface area contributed by atoms with Crippen molar-refractivity contribution in [3.05, 3.63) is 23.9 Å². The van der Waals surface area contributed by atoms with Crippen LogP contribution in [0.2, 0.25) is 0 Å². The van der Waals surface area contributed by atoms with Crippen molar-refractivity contribution in [3.63, 3.8) is 0 Å². The number of methoxy groups -OCH3 is 1. The van der Waals surface area contributed by atoms with E-state index in [4.69, 9.17) is 14.6 Å². The Bertz CT molecular complexity index is 445. The number of nitrogens with zero attached hydrogens (tertiary/aromatic N) is 2. The molecule has 1 fully saturated rings. The zero-order valence-electron chi connectivity index (χ0n) is 11.6. The lowest BCUT2D eigenvalue weighted by molar-refractivity contribution is 0.0158. The molecule has 6 heteroatoms. The van der Waals surface area contributed by atoms with E-state index in [0.717, 1.165) is 25.9 Å². The number of anilines is 1. The van der Waals surface area contributed by atoms with E-state index >= 15 is 0 Å². The van der Waals surface area contributed by atoms with Crippen molar-refractivity contribution in [1.29, 1.82) is 0 Å². The molecular weight excluding hydrogens is 260 g/mol. The summed E-state index contributed by atoms with van der Waals surface area (Å²) in [6, 6.07) is 3.45. The van der Waals surface area contributed by atoms with Crippen molar-refractivity contribution in [2.45, 2.75) is 18.9 Å². The predicted molar refractivity (Wildman–Crippen MR) is 73.8 cm³/mol. The standard InChI is InChI=1S/C14H20N2O4/c1-19-14(18)12-3-2-6-15-13(12)16-7-4-11(5-8-16)20-10-9-17/h2-3,6,11,17H,4-5,7-10H2,1H3. The first-order valence-electron chi connectivity index (χ1n) is 6.77. The topological polar surface area (TPSA) is 71.9 Å². The number of ether oxygens (including phenoxy) is 2. The summed E-state index contributed by atoms with van der Waals surface area (Å²) in [7, 11) is 1.37. The van der Waals surface area contributed by atoms with Crippen LogP contribution in [-0.2, 0) is 9.47 Å². The molecule has 1 aliphatic heterocycles. The fourth-order valence-corrected chi connectivity index (χ4v) is 2.37. The van der Waals surface area contributed by atoms with E-state index in [1.807, 2.05) is 0 Å². The number of esters is 1. The van der Waals surface area contributed by atoms with Crippen molar-refractivity contribution in [1.82, 2.24) is 4.98 Å². The smallest absolute Gasteiger partial charge is 0.341 e. The molecule has 6 nitrogen and oxygen atoms in total. The third kappa shape index (κ3) is 3.46. The molecule has 0 saturated carbocycles. The van der Waals surface area contributed by atoms with Crippen molar-refractivity contribution < 1.29 is 19.4 Å². The van der Waals surface area contributed by atoms with Crippen molar-refractivity contribution in [2.24, 2.45) is 0 Å². The third-order valence-electron chi connectivity index (χ3n) is 3.38. The van der Waals surface area contributed by atoms with Gasteiger partial charge in [-0.15, -0.1) is 0 Å². The molecule has 0 bridgehead atoms. The number of hydrogen-bond acceptors (Lipinski definition) is 6. The van der Waals surface area contributed by atoms with Crippen molar-refractivity contribution in [2.75, 3.05) is 38.3 Å². The summed E-state index contributed by atoms with van der Waals surface area (Å²) in [5.74, 6) is 0.298. The van der Waals surface area contributed by atoms with Crippen LogP contribution in [0.5, 0.6) is 0 Å². The molecule has 0 aliphatic carbocycles. The molecule has 1 aromatic heterocycles. The Kier molecular flexibility index (Phi) is 5.31. The average Bonchev–Trinajstić information content (AvgIpc) is 2.52. The predicted octanol–water partition coefficient (Wildman–Crippen LogP) is 0.846. The number of carbonyl (C=O) groups is 1. The number of aliphatic hydroxyl groups is 1. The summed E-state index contributed by atoms with van der Waals surface area (Å²) in [6.45, 7) is 1.98. The molecule has 1 saturated heterocycles. The fourth-order valence-electron chi connectivity index (χ4n) is 2.37. The van der Waals surface area contributed by atoms with Crippen LogP contribution in [0.1, 0.15) is 23.2 Å². The Morgan fingerprint density at radius 1 is 1.50 bits per heavy atom.